The van der Waals surface area contributed by atoms with Crippen molar-refractivity contribution in [3.05, 3.63) is 29.8 Å². The zero-order chi connectivity index (χ0) is 15.6. The van der Waals surface area contributed by atoms with Crippen molar-refractivity contribution >= 4 is 11.6 Å². The predicted octanol–water partition coefficient (Wildman–Crippen LogP) is 2.70. The van der Waals surface area contributed by atoms with Crippen molar-refractivity contribution in [2.75, 3.05) is 39.1 Å². The van der Waals surface area contributed by atoms with Gasteiger partial charge < -0.3 is 15.1 Å². The summed E-state index contributed by atoms with van der Waals surface area (Å²) >= 11 is 0. The Morgan fingerprint density at radius 3 is 2.73 bits per heavy atom. The van der Waals surface area contributed by atoms with Crippen LogP contribution in [0.1, 0.15) is 31.2 Å². The van der Waals surface area contributed by atoms with E-state index >= 15 is 0 Å². The third kappa shape index (κ3) is 3.06. The third-order valence-electron chi connectivity index (χ3n) is 5.24. The van der Waals surface area contributed by atoms with E-state index in [4.69, 9.17) is 0 Å². The van der Waals surface area contributed by atoms with Gasteiger partial charge in [-0.2, -0.15) is 0 Å². The quantitative estimate of drug-likeness (QED) is 0.688. The first-order chi connectivity index (χ1) is 10.6. The van der Waals surface area contributed by atoms with Crippen molar-refractivity contribution < 1.29 is 0 Å². The summed E-state index contributed by atoms with van der Waals surface area (Å²) in [6, 6.07) is 8.66. The Balaban J connectivity index is 1.59. The first kappa shape index (κ1) is 15.2. The van der Waals surface area contributed by atoms with Crippen LogP contribution in [-0.2, 0) is 6.54 Å². The number of anilines is 1. The Morgan fingerprint density at radius 1 is 1.32 bits per heavy atom. The first-order valence-corrected chi connectivity index (χ1v) is 8.34. The predicted molar refractivity (Wildman–Crippen MR) is 93.4 cm³/mol. The molecule has 0 bridgehead atoms. The zero-order valence-electron chi connectivity index (χ0n) is 14.1. The average molecular weight is 300 g/mol. The van der Waals surface area contributed by atoms with Crippen LogP contribution in [0.3, 0.4) is 0 Å². The van der Waals surface area contributed by atoms with Crippen molar-refractivity contribution in [3.8, 4) is 0 Å². The Bertz CT molecular complexity index is 546. The minimum atomic E-state index is 0.614. The molecule has 120 valence electrons. The maximum absolute atomic E-state index is 4.49. The number of nitrogens with one attached hydrogen (secondary N) is 1. The Kier molecular flexibility index (Phi) is 4.27. The monoisotopic (exact) mass is 300 g/mol. The van der Waals surface area contributed by atoms with E-state index in [1.165, 1.54) is 43.5 Å². The Morgan fingerprint density at radius 2 is 2.14 bits per heavy atom. The largest absolute Gasteiger partial charge is 0.378 e. The van der Waals surface area contributed by atoms with Gasteiger partial charge in [0, 0.05) is 46.5 Å². The molecule has 1 spiro atoms. The van der Waals surface area contributed by atoms with Gasteiger partial charge in [0.05, 0.1) is 0 Å². The lowest BCUT2D eigenvalue weighted by Crippen LogP contribution is -2.42. The van der Waals surface area contributed by atoms with E-state index < -0.39 is 0 Å². The molecule has 4 heteroatoms. The summed E-state index contributed by atoms with van der Waals surface area (Å²) in [6.45, 7) is 3.17. The van der Waals surface area contributed by atoms with Crippen molar-refractivity contribution in [2.24, 2.45) is 10.4 Å². The summed E-state index contributed by atoms with van der Waals surface area (Å²) in [7, 11) is 6.05. The number of benzene rings is 1. The van der Waals surface area contributed by atoms with Crippen LogP contribution in [0.5, 0.6) is 0 Å². The standard InChI is InChI=1S/C18H28N4/c1-19-17(22-11-10-18(14-22)8-5-9-18)20-13-15-6-4-7-16(12-15)21(2)3/h4,6-7,12H,5,8-11,13-14H2,1-3H3,(H,19,20). The molecule has 1 aromatic rings. The van der Waals surface area contributed by atoms with Crippen LogP contribution in [0.15, 0.2) is 29.3 Å². The van der Waals surface area contributed by atoms with Gasteiger partial charge >= 0.3 is 0 Å². The topological polar surface area (TPSA) is 30.9 Å². The van der Waals surface area contributed by atoms with E-state index in [9.17, 15) is 0 Å². The molecule has 1 heterocycles. The van der Waals surface area contributed by atoms with Crippen LogP contribution in [-0.4, -0.2) is 45.1 Å². The maximum Gasteiger partial charge on any atom is 0.193 e. The normalized spacial score (nSPS) is 20.1. The maximum atomic E-state index is 4.49. The number of nitrogens with zero attached hydrogens (tertiary/aromatic N) is 3. The van der Waals surface area contributed by atoms with E-state index in [0.717, 1.165) is 19.0 Å². The first-order valence-electron chi connectivity index (χ1n) is 8.34. The number of likely N-dealkylation sites (tertiary alicyclic amines) is 1. The zero-order valence-corrected chi connectivity index (χ0v) is 14.1. The van der Waals surface area contributed by atoms with E-state index in [-0.39, 0.29) is 0 Å². The summed E-state index contributed by atoms with van der Waals surface area (Å²) in [5.74, 6) is 1.05. The Labute approximate surface area is 134 Å². The van der Waals surface area contributed by atoms with E-state index in [1.54, 1.807) is 0 Å². The highest BCUT2D eigenvalue weighted by molar-refractivity contribution is 5.80. The summed E-state index contributed by atoms with van der Waals surface area (Å²) < 4.78 is 0. The highest BCUT2D eigenvalue weighted by Crippen LogP contribution is 2.47. The molecule has 2 fully saturated rings. The molecular formula is C18H28N4. The number of rotatable bonds is 3. The fourth-order valence-electron chi connectivity index (χ4n) is 3.66. The molecule has 0 aromatic heterocycles. The second-order valence-corrected chi connectivity index (χ2v) is 6.99. The molecule has 1 aromatic carbocycles. The second kappa shape index (κ2) is 6.19. The minimum Gasteiger partial charge on any atom is -0.378 e. The van der Waals surface area contributed by atoms with Gasteiger partial charge in [-0.25, -0.2) is 0 Å². The van der Waals surface area contributed by atoms with E-state index in [1.807, 2.05) is 7.05 Å². The van der Waals surface area contributed by atoms with Crippen molar-refractivity contribution in [1.82, 2.24) is 10.2 Å². The van der Waals surface area contributed by atoms with E-state index in [2.05, 4.69) is 58.5 Å². The third-order valence-corrected chi connectivity index (χ3v) is 5.24. The van der Waals surface area contributed by atoms with E-state index in [0.29, 0.717) is 5.41 Å². The molecule has 0 atom stereocenters. The summed E-state index contributed by atoms with van der Waals surface area (Å²) in [4.78, 5) is 9.07. The van der Waals surface area contributed by atoms with Crippen molar-refractivity contribution in [3.63, 3.8) is 0 Å². The van der Waals surface area contributed by atoms with Gasteiger partial charge in [0.15, 0.2) is 5.96 Å². The average Bonchev–Trinajstić information content (AvgIpc) is 2.94. The van der Waals surface area contributed by atoms with Gasteiger partial charge in [-0.05, 0) is 42.4 Å². The van der Waals surface area contributed by atoms with Gasteiger partial charge in [-0.15, -0.1) is 0 Å². The molecule has 0 unspecified atom stereocenters. The summed E-state index contributed by atoms with van der Waals surface area (Å²) in [5.41, 5.74) is 3.15. The molecule has 3 rings (SSSR count). The van der Waals surface area contributed by atoms with Crippen molar-refractivity contribution in [2.45, 2.75) is 32.2 Å². The smallest absolute Gasteiger partial charge is 0.193 e. The van der Waals surface area contributed by atoms with Crippen LogP contribution in [0.4, 0.5) is 5.69 Å². The fourth-order valence-corrected chi connectivity index (χ4v) is 3.66. The second-order valence-electron chi connectivity index (χ2n) is 6.99. The lowest BCUT2D eigenvalue weighted by Gasteiger charge is -2.38. The molecule has 1 aliphatic heterocycles. The molecule has 1 saturated carbocycles. The van der Waals surface area contributed by atoms with Gasteiger partial charge in [0.2, 0.25) is 0 Å². The molecule has 1 aliphatic carbocycles. The summed E-state index contributed by atoms with van der Waals surface area (Å²) in [6.07, 6.45) is 5.57. The molecule has 4 nitrogen and oxygen atoms in total. The molecule has 0 amide bonds. The van der Waals surface area contributed by atoms with Crippen LogP contribution in [0.25, 0.3) is 0 Å². The minimum absolute atomic E-state index is 0.614. The molecule has 22 heavy (non-hydrogen) atoms. The lowest BCUT2D eigenvalue weighted by molar-refractivity contribution is 0.151. The molecule has 1 N–H and O–H groups in total. The van der Waals surface area contributed by atoms with Gasteiger partial charge in [-0.1, -0.05) is 18.6 Å². The number of guanidine groups is 1. The SMILES string of the molecule is CN=C(NCc1cccc(N(C)C)c1)N1CCC2(CCC2)C1. The summed E-state index contributed by atoms with van der Waals surface area (Å²) in [5, 5.41) is 3.54. The number of hydrogen-bond acceptors (Lipinski definition) is 2. The highest BCUT2D eigenvalue weighted by Gasteiger charge is 2.43. The van der Waals surface area contributed by atoms with Crippen LogP contribution >= 0.6 is 0 Å². The molecule has 1 saturated heterocycles. The Hall–Kier alpha value is -1.71. The molecule has 0 radical (unpaired) electrons. The van der Waals surface area contributed by atoms with Crippen LogP contribution in [0.2, 0.25) is 0 Å². The van der Waals surface area contributed by atoms with Crippen LogP contribution in [0, 0.1) is 5.41 Å². The highest BCUT2D eigenvalue weighted by atomic mass is 15.3. The van der Waals surface area contributed by atoms with Crippen LogP contribution < -0.4 is 10.2 Å². The fraction of sp³-hybridized carbons (Fsp3) is 0.611. The van der Waals surface area contributed by atoms with Crippen molar-refractivity contribution in [1.29, 1.82) is 0 Å². The van der Waals surface area contributed by atoms with Gasteiger partial charge in [0.1, 0.15) is 0 Å². The lowest BCUT2D eigenvalue weighted by atomic mass is 9.68. The number of hydrogen-bond donors (Lipinski definition) is 1. The number of aliphatic imine (C=N–C) groups is 1. The van der Waals surface area contributed by atoms with Gasteiger partial charge in [0.25, 0.3) is 0 Å². The molecule has 2 aliphatic rings. The van der Waals surface area contributed by atoms with Gasteiger partial charge in [-0.3, -0.25) is 4.99 Å². The molecular weight excluding hydrogens is 272 g/mol.